The Hall–Kier alpha value is -2.57. The molecule has 0 aliphatic carbocycles. The molecule has 0 radical (unpaired) electrons. The molecule has 19 heavy (non-hydrogen) atoms. The standard InChI is InChI=1S/C12H13N5O2/c1-8-9(14-5-4-13-8)2-3-15-11-7-16-10(6-17-11)12(18)19/h4-7H,2-3H2,1H3,(H,15,17)(H,18,19). The molecule has 7 heteroatoms. The smallest absolute Gasteiger partial charge is 0.356 e. The minimum Gasteiger partial charge on any atom is -0.476 e. The van der Waals surface area contributed by atoms with E-state index in [9.17, 15) is 4.79 Å². The van der Waals surface area contributed by atoms with E-state index in [-0.39, 0.29) is 5.69 Å². The second-order valence-electron chi connectivity index (χ2n) is 3.86. The molecule has 0 unspecified atom stereocenters. The third kappa shape index (κ3) is 3.44. The molecule has 2 heterocycles. The van der Waals surface area contributed by atoms with Gasteiger partial charge in [-0.25, -0.2) is 14.8 Å². The number of hydrogen-bond donors (Lipinski definition) is 2. The summed E-state index contributed by atoms with van der Waals surface area (Å²) in [7, 11) is 0. The van der Waals surface area contributed by atoms with Crippen LogP contribution in [0.15, 0.2) is 24.8 Å². The van der Waals surface area contributed by atoms with E-state index in [1.165, 1.54) is 12.4 Å². The third-order valence-corrected chi connectivity index (χ3v) is 2.52. The fourth-order valence-electron chi connectivity index (χ4n) is 1.52. The first-order valence-corrected chi connectivity index (χ1v) is 5.72. The lowest BCUT2D eigenvalue weighted by molar-refractivity contribution is 0.0690. The lowest BCUT2D eigenvalue weighted by Crippen LogP contribution is -2.10. The Morgan fingerprint density at radius 1 is 1.21 bits per heavy atom. The molecular weight excluding hydrogens is 246 g/mol. The third-order valence-electron chi connectivity index (χ3n) is 2.52. The summed E-state index contributed by atoms with van der Waals surface area (Å²) in [5.74, 6) is -0.555. The number of carboxylic acids is 1. The molecule has 2 N–H and O–H groups in total. The highest BCUT2D eigenvalue weighted by atomic mass is 16.4. The average molecular weight is 259 g/mol. The van der Waals surface area contributed by atoms with Gasteiger partial charge in [0.2, 0.25) is 0 Å². The molecule has 0 atom stereocenters. The van der Waals surface area contributed by atoms with Crippen molar-refractivity contribution in [1.82, 2.24) is 19.9 Å². The minimum atomic E-state index is -1.09. The number of nitrogens with one attached hydrogen (secondary N) is 1. The molecule has 0 amide bonds. The summed E-state index contributed by atoms with van der Waals surface area (Å²) < 4.78 is 0. The Morgan fingerprint density at radius 3 is 2.63 bits per heavy atom. The highest BCUT2D eigenvalue weighted by Crippen LogP contribution is 2.03. The Bertz CT molecular complexity index is 571. The maximum absolute atomic E-state index is 10.6. The van der Waals surface area contributed by atoms with E-state index in [1.54, 1.807) is 12.4 Å². The molecule has 0 saturated heterocycles. The molecule has 7 nitrogen and oxygen atoms in total. The number of nitrogens with zero attached hydrogens (tertiary/aromatic N) is 4. The zero-order valence-electron chi connectivity index (χ0n) is 10.4. The maximum Gasteiger partial charge on any atom is 0.356 e. The van der Waals surface area contributed by atoms with E-state index in [0.29, 0.717) is 18.8 Å². The van der Waals surface area contributed by atoms with Crippen molar-refractivity contribution >= 4 is 11.8 Å². The van der Waals surface area contributed by atoms with Crippen LogP contribution >= 0.6 is 0 Å². The van der Waals surface area contributed by atoms with Gasteiger partial charge in [-0.05, 0) is 6.92 Å². The Morgan fingerprint density at radius 2 is 2.00 bits per heavy atom. The summed E-state index contributed by atoms with van der Waals surface area (Å²) in [5, 5.41) is 11.7. The normalized spacial score (nSPS) is 10.2. The fourth-order valence-corrected chi connectivity index (χ4v) is 1.52. The monoisotopic (exact) mass is 259 g/mol. The minimum absolute atomic E-state index is 0.0738. The van der Waals surface area contributed by atoms with E-state index < -0.39 is 5.97 Å². The van der Waals surface area contributed by atoms with Crippen molar-refractivity contribution in [3.8, 4) is 0 Å². The maximum atomic E-state index is 10.6. The number of aromatic carboxylic acids is 1. The summed E-state index contributed by atoms with van der Waals surface area (Å²) in [4.78, 5) is 26.7. The molecule has 0 spiro atoms. The van der Waals surface area contributed by atoms with Gasteiger partial charge in [-0.3, -0.25) is 9.97 Å². The first-order chi connectivity index (χ1) is 9.16. The van der Waals surface area contributed by atoms with Gasteiger partial charge in [0, 0.05) is 25.4 Å². The van der Waals surface area contributed by atoms with Gasteiger partial charge in [-0.2, -0.15) is 0 Å². The van der Waals surface area contributed by atoms with Crippen LogP contribution < -0.4 is 5.32 Å². The average Bonchev–Trinajstić information content (AvgIpc) is 2.41. The molecule has 0 saturated carbocycles. The number of anilines is 1. The van der Waals surface area contributed by atoms with E-state index >= 15 is 0 Å². The molecule has 0 aliphatic heterocycles. The van der Waals surface area contributed by atoms with Crippen LogP contribution in [0, 0.1) is 6.92 Å². The molecule has 2 aromatic rings. The van der Waals surface area contributed by atoms with Gasteiger partial charge in [-0.15, -0.1) is 0 Å². The molecule has 0 aliphatic rings. The summed E-state index contributed by atoms with van der Waals surface area (Å²) >= 11 is 0. The molecule has 2 rings (SSSR count). The number of rotatable bonds is 5. The second-order valence-corrected chi connectivity index (χ2v) is 3.86. The van der Waals surface area contributed by atoms with Gasteiger partial charge >= 0.3 is 5.97 Å². The number of aryl methyl sites for hydroxylation is 1. The molecule has 0 fully saturated rings. The molecule has 2 aromatic heterocycles. The lowest BCUT2D eigenvalue weighted by Gasteiger charge is -2.06. The van der Waals surface area contributed by atoms with Crippen LogP contribution in [0.25, 0.3) is 0 Å². The van der Waals surface area contributed by atoms with Crippen LogP contribution in [0.2, 0.25) is 0 Å². The van der Waals surface area contributed by atoms with E-state index in [1.807, 2.05) is 6.92 Å². The largest absolute Gasteiger partial charge is 0.476 e. The lowest BCUT2D eigenvalue weighted by atomic mass is 10.2. The van der Waals surface area contributed by atoms with Gasteiger partial charge in [-0.1, -0.05) is 0 Å². The number of carboxylic acid groups (broad SMARTS) is 1. The highest BCUT2D eigenvalue weighted by Gasteiger charge is 2.05. The van der Waals surface area contributed by atoms with Crippen molar-refractivity contribution in [2.75, 3.05) is 11.9 Å². The predicted molar refractivity (Wildman–Crippen MR) is 68.0 cm³/mol. The Labute approximate surface area is 109 Å². The zero-order valence-corrected chi connectivity index (χ0v) is 10.4. The van der Waals surface area contributed by atoms with E-state index in [2.05, 4.69) is 25.3 Å². The second kappa shape index (κ2) is 5.85. The van der Waals surface area contributed by atoms with Crippen molar-refractivity contribution in [1.29, 1.82) is 0 Å². The number of aromatic nitrogens is 4. The van der Waals surface area contributed by atoms with Crippen LogP contribution in [0.5, 0.6) is 0 Å². The van der Waals surface area contributed by atoms with Crippen LogP contribution in [-0.4, -0.2) is 37.6 Å². The summed E-state index contributed by atoms with van der Waals surface area (Å²) in [5.41, 5.74) is 1.75. The topological polar surface area (TPSA) is 101 Å². The quantitative estimate of drug-likeness (QED) is 0.823. The van der Waals surface area contributed by atoms with E-state index in [0.717, 1.165) is 11.4 Å². The van der Waals surface area contributed by atoms with Crippen molar-refractivity contribution < 1.29 is 9.90 Å². The van der Waals surface area contributed by atoms with Gasteiger partial charge in [0.1, 0.15) is 5.82 Å². The van der Waals surface area contributed by atoms with Crippen LogP contribution in [0.1, 0.15) is 21.9 Å². The van der Waals surface area contributed by atoms with Gasteiger partial charge in [0.25, 0.3) is 0 Å². The van der Waals surface area contributed by atoms with Crippen molar-refractivity contribution in [2.24, 2.45) is 0 Å². The fraction of sp³-hybridized carbons (Fsp3) is 0.250. The number of hydrogen-bond acceptors (Lipinski definition) is 6. The number of carbonyl (C=O) groups is 1. The summed E-state index contributed by atoms with van der Waals surface area (Å²) in [6.45, 7) is 2.53. The summed E-state index contributed by atoms with van der Waals surface area (Å²) in [6, 6.07) is 0. The molecular formula is C12H13N5O2. The molecule has 0 bridgehead atoms. The van der Waals surface area contributed by atoms with Crippen LogP contribution in [0.4, 0.5) is 5.82 Å². The predicted octanol–water partition coefficient (Wildman–Crippen LogP) is 0.928. The summed E-state index contributed by atoms with van der Waals surface area (Å²) in [6.07, 6.45) is 6.64. The van der Waals surface area contributed by atoms with Gasteiger partial charge < -0.3 is 10.4 Å². The van der Waals surface area contributed by atoms with Crippen molar-refractivity contribution in [3.63, 3.8) is 0 Å². The van der Waals surface area contributed by atoms with Gasteiger partial charge in [0.15, 0.2) is 5.69 Å². The first kappa shape index (κ1) is 12.9. The van der Waals surface area contributed by atoms with Crippen molar-refractivity contribution in [3.05, 3.63) is 41.9 Å². The van der Waals surface area contributed by atoms with Crippen LogP contribution in [-0.2, 0) is 6.42 Å². The SMILES string of the molecule is Cc1nccnc1CCNc1cnc(C(=O)O)cn1. The van der Waals surface area contributed by atoms with Crippen LogP contribution in [0.3, 0.4) is 0 Å². The Kier molecular flexibility index (Phi) is 3.97. The highest BCUT2D eigenvalue weighted by molar-refractivity contribution is 5.84. The van der Waals surface area contributed by atoms with E-state index in [4.69, 9.17) is 5.11 Å². The van der Waals surface area contributed by atoms with Gasteiger partial charge in [0.05, 0.1) is 23.8 Å². The first-order valence-electron chi connectivity index (χ1n) is 5.72. The zero-order chi connectivity index (χ0) is 13.7. The molecule has 98 valence electrons. The molecule has 0 aromatic carbocycles. The Balaban J connectivity index is 1.89. The van der Waals surface area contributed by atoms with Crippen molar-refractivity contribution in [2.45, 2.75) is 13.3 Å².